The third-order valence-corrected chi connectivity index (χ3v) is 8.02. The van der Waals surface area contributed by atoms with Crippen LogP contribution in [0.1, 0.15) is 70.0 Å². The van der Waals surface area contributed by atoms with Gasteiger partial charge < -0.3 is 19.3 Å². The number of nitrogens with zero attached hydrogens (tertiary/aromatic N) is 2. The number of hydrogen-bond donors (Lipinski definition) is 0. The van der Waals surface area contributed by atoms with Gasteiger partial charge in [-0.15, -0.1) is 0 Å². The smallest absolute Gasteiger partial charge is 0.129 e. The van der Waals surface area contributed by atoms with Crippen molar-refractivity contribution in [2.24, 2.45) is 0 Å². The van der Waals surface area contributed by atoms with E-state index in [1.807, 2.05) is 0 Å². The lowest BCUT2D eigenvalue weighted by Gasteiger charge is -2.56. The standard InChI is InChI=1S/C34H40N2O2/c1-22-10-12-25(13-11-22)32(35-30-16-14-26(37-8)18-28(30)23(2)20-33(35,4)5)36-31-17-15-27(38-9)19-29(31)24(3)21-34(36,6)7/h10-21,32H,1-9H3. The summed E-state index contributed by atoms with van der Waals surface area (Å²) in [5.41, 5.74) is 9.36. The molecule has 0 unspecified atom stereocenters. The molecular weight excluding hydrogens is 468 g/mol. The van der Waals surface area contributed by atoms with Crippen LogP contribution in [0.4, 0.5) is 11.4 Å². The predicted octanol–water partition coefficient (Wildman–Crippen LogP) is 8.42. The summed E-state index contributed by atoms with van der Waals surface area (Å²) < 4.78 is 11.3. The molecule has 2 aliphatic heterocycles. The van der Waals surface area contributed by atoms with Crippen molar-refractivity contribution >= 4 is 22.5 Å². The van der Waals surface area contributed by atoms with Crippen LogP contribution in [-0.2, 0) is 0 Å². The van der Waals surface area contributed by atoms with Crippen molar-refractivity contribution in [1.82, 2.24) is 0 Å². The molecular formula is C34H40N2O2. The number of methoxy groups -OCH3 is 2. The third kappa shape index (κ3) is 4.26. The number of hydrogen-bond acceptors (Lipinski definition) is 4. The van der Waals surface area contributed by atoms with E-state index in [0.717, 1.165) is 11.5 Å². The van der Waals surface area contributed by atoms with E-state index in [9.17, 15) is 0 Å². The molecule has 4 nitrogen and oxygen atoms in total. The number of ether oxygens (including phenoxy) is 2. The summed E-state index contributed by atoms with van der Waals surface area (Å²) in [6, 6.07) is 22.0. The first-order valence-electron chi connectivity index (χ1n) is 13.4. The molecule has 3 aromatic carbocycles. The monoisotopic (exact) mass is 508 g/mol. The lowest BCUT2D eigenvalue weighted by Crippen LogP contribution is -2.58. The Kier molecular flexibility index (Phi) is 6.33. The molecule has 0 aromatic heterocycles. The molecule has 0 bridgehead atoms. The maximum atomic E-state index is 5.63. The van der Waals surface area contributed by atoms with Crippen molar-refractivity contribution in [1.29, 1.82) is 0 Å². The molecule has 0 radical (unpaired) electrons. The fourth-order valence-electron chi connectivity index (χ4n) is 6.36. The van der Waals surface area contributed by atoms with E-state index in [0.29, 0.717) is 0 Å². The Morgan fingerprint density at radius 1 is 0.605 bits per heavy atom. The van der Waals surface area contributed by atoms with Gasteiger partial charge in [0.25, 0.3) is 0 Å². The quantitative estimate of drug-likeness (QED) is 0.345. The van der Waals surface area contributed by atoms with Gasteiger partial charge in [-0.3, -0.25) is 0 Å². The van der Waals surface area contributed by atoms with E-state index in [1.54, 1.807) is 14.2 Å². The number of allylic oxidation sites excluding steroid dienone is 2. The maximum Gasteiger partial charge on any atom is 0.129 e. The Morgan fingerprint density at radius 3 is 1.42 bits per heavy atom. The van der Waals surface area contributed by atoms with Gasteiger partial charge in [0.05, 0.1) is 25.3 Å². The lowest BCUT2D eigenvalue weighted by atomic mass is 9.83. The average molecular weight is 509 g/mol. The molecule has 38 heavy (non-hydrogen) atoms. The number of anilines is 2. The fraction of sp³-hybridized carbons (Fsp3) is 0.353. The van der Waals surface area contributed by atoms with Crippen molar-refractivity contribution in [2.75, 3.05) is 24.0 Å². The second-order valence-corrected chi connectivity index (χ2v) is 11.8. The van der Waals surface area contributed by atoms with Gasteiger partial charge in [-0.05, 0) is 102 Å². The van der Waals surface area contributed by atoms with Crippen molar-refractivity contribution in [3.63, 3.8) is 0 Å². The van der Waals surface area contributed by atoms with Gasteiger partial charge >= 0.3 is 0 Å². The minimum atomic E-state index is -0.250. The average Bonchev–Trinajstić information content (AvgIpc) is 2.87. The summed E-state index contributed by atoms with van der Waals surface area (Å²) in [6.45, 7) is 15.8. The van der Waals surface area contributed by atoms with Gasteiger partial charge in [0.1, 0.15) is 17.7 Å². The molecule has 5 rings (SSSR count). The van der Waals surface area contributed by atoms with Crippen LogP contribution < -0.4 is 19.3 Å². The topological polar surface area (TPSA) is 24.9 Å². The molecule has 0 atom stereocenters. The van der Waals surface area contributed by atoms with Crippen molar-refractivity contribution < 1.29 is 9.47 Å². The van der Waals surface area contributed by atoms with Crippen LogP contribution in [0.25, 0.3) is 11.1 Å². The second kappa shape index (κ2) is 9.27. The summed E-state index contributed by atoms with van der Waals surface area (Å²) in [6.07, 6.45) is 4.71. The summed E-state index contributed by atoms with van der Waals surface area (Å²) in [5, 5.41) is 0. The number of fused-ring (bicyclic) bond motifs is 2. The van der Waals surface area contributed by atoms with E-state index in [4.69, 9.17) is 9.47 Å². The van der Waals surface area contributed by atoms with Crippen LogP contribution >= 0.6 is 0 Å². The molecule has 3 aromatic rings. The van der Waals surface area contributed by atoms with Gasteiger partial charge in [-0.2, -0.15) is 0 Å². The highest BCUT2D eigenvalue weighted by Crippen LogP contribution is 2.51. The summed E-state index contributed by atoms with van der Waals surface area (Å²) in [7, 11) is 3.47. The summed E-state index contributed by atoms with van der Waals surface area (Å²) >= 11 is 0. The minimum Gasteiger partial charge on any atom is -0.497 e. The van der Waals surface area contributed by atoms with Crippen LogP contribution in [0.15, 0.2) is 72.8 Å². The largest absolute Gasteiger partial charge is 0.497 e. The van der Waals surface area contributed by atoms with E-state index < -0.39 is 0 Å². The number of rotatable bonds is 5. The van der Waals surface area contributed by atoms with Gasteiger partial charge in [-0.1, -0.05) is 42.0 Å². The second-order valence-electron chi connectivity index (χ2n) is 11.8. The summed E-state index contributed by atoms with van der Waals surface area (Å²) in [5.74, 6) is 1.75. The van der Waals surface area contributed by atoms with Crippen LogP contribution in [-0.4, -0.2) is 25.3 Å². The molecule has 0 spiro atoms. The Morgan fingerprint density at radius 2 is 1.03 bits per heavy atom. The van der Waals surface area contributed by atoms with E-state index in [2.05, 4.69) is 131 Å². The molecule has 4 heteroatoms. The summed E-state index contributed by atoms with van der Waals surface area (Å²) in [4.78, 5) is 5.17. The Balaban J connectivity index is 1.81. The Labute approximate surface area is 228 Å². The molecule has 198 valence electrons. The highest BCUT2D eigenvalue weighted by Gasteiger charge is 2.45. The number of benzene rings is 3. The Bertz CT molecular complexity index is 1340. The molecule has 0 aliphatic carbocycles. The van der Waals surface area contributed by atoms with Gasteiger partial charge in [0.2, 0.25) is 0 Å². The van der Waals surface area contributed by atoms with Crippen molar-refractivity contribution in [3.05, 3.63) is 95.1 Å². The van der Waals surface area contributed by atoms with E-state index in [1.165, 1.54) is 44.8 Å². The molecule has 0 saturated heterocycles. The molecule has 2 heterocycles. The first-order chi connectivity index (χ1) is 18.0. The van der Waals surface area contributed by atoms with Crippen LogP contribution in [0.2, 0.25) is 0 Å². The van der Waals surface area contributed by atoms with Crippen molar-refractivity contribution in [3.8, 4) is 11.5 Å². The van der Waals surface area contributed by atoms with Crippen LogP contribution in [0.5, 0.6) is 11.5 Å². The van der Waals surface area contributed by atoms with Gasteiger partial charge in [0, 0.05) is 22.5 Å². The molecule has 0 fully saturated rings. The zero-order valence-electron chi connectivity index (χ0n) is 24.2. The fourth-order valence-corrected chi connectivity index (χ4v) is 6.36. The van der Waals surface area contributed by atoms with Crippen molar-refractivity contribution in [2.45, 2.75) is 65.7 Å². The minimum absolute atomic E-state index is 0.0754. The molecule has 0 N–H and O–H groups in total. The highest BCUT2D eigenvalue weighted by molar-refractivity contribution is 5.86. The highest BCUT2D eigenvalue weighted by atomic mass is 16.5. The van der Waals surface area contributed by atoms with E-state index in [-0.39, 0.29) is 17.2 Å². The predicted molar refractivity (Wildman–Crippen MR) is 160 cm³/mol. The molecule has 0 amide bonds. The third-order valence-electron chi connectivity index (χ3n) is 8.02. The van der Waals surface area contributed by atoms with Gasteiger partial charge in [-0.25, -0.2) is 0 Å². The van der Waals surface area contributed by atoms with Crippen LogP contribution in [0, 0.1) is 6.92 Å². The molecule has 2 aliphatic rings. The van der Waals surface area contributed by atoms with Crippen LogP contribution in [0.3, 0.4) is 0 Å². The Hall–Kier alpha value is -3.66. The first-order valence-corrected chi connectivity index (χ1v) is 13.4. The molecule has 0 saturated carbocycles. The first kappa shape index (κ1) is 26.0. The SMILES string of the molecule is COc1ccc2c(c1)C(C)=CC(C)(C)N2C(c1ccc(C)cc1)N1c2ccc(OC)cc2C(C)=CC1(C)C. The van der Waals surface area contributed by atoms with E-state index >= 15 is 0 Å². The van der Waals surface area contributed by atoms with Gasteiger partial charge in [0.15, 0.2) is 0 Å². The zero-order valence-corrected chi connectivity index (χ0v) is 24.2. The normalized spacial score (nSPS) is 17.4. The number of aryl methyl sites for hydroxylation is 1. The maximum absolute atomic E-state index is 5.63. The lowest BCUT2D eigenvalue weighted by molar-refractivity contribution is 0.401. The zero-order chi connectivity index (χ0) is 27.4.